The molecular weight excluding hydrogens is 242 g/mol. The SMILES string of the molecule is CCNc1cccc(C(=O)N2CCOC(CC)C2)n1. The predicted molar refractivity (Wildman–Crippen MR) is 74.3 cm³/mol. The third-order valence-corrected chi connectivity index (χ3v) is 3.21. The average molecular weight is 263 g/mol. The average Bonchev–Trinajstić information content (AvgIpc) is 2.47. The van der Waals surface area contributed by atoms with Crippen molar-refractivity contribution in [1.82, 2.24) is 9.88 Å². The highest BCUT2D eigenvalue weighted by Gasteiger charge is 2.24. The summed E-state index contributed by atoms with van der Waals surface area (Å²) in [6.45, 7) is 6.77. The molecule has 1 amide bonds. The van der Waals surface area contributed by atoms with E-state index in [1.807, 2.05) is 24.0 Å². The van der Waals surface area contributed by atoms with Crippen LogP contribution in [0.2, 0.25) is 0 Å². The van der Waals surface area contributed by atoms with E-state index < -0.39 is 0 Å². The molecule has 1 aromatic rings. The number of aromatic nitrogens is 1. The van der Waals surface area contributed by atoms with Crippen LogP contribution in [0.4, 0.5) is 5.82 Å². The van der Waals surface area contributed by atoms with E-state index in [2.05, 4.69) is 17.2 Å². The van der Waals surface area contributed by atoms with Gasteiger partial charge in [-0.05, 0) is 25.5 Å². The van der Waals surface area contributed by atoms with Crippen molar-refractivity contribution in [2.45, 2.75) is 26.4 Å². The fourth-order valence-electron chi connectivity index (χ4n) is 2.15. The van der Waals surface area contributed by atoms with Crippen LogP contribution in [-0.2, 0) is 4.74 Å². The molecule has 1 atom stereocenters. The van der Waals surface area contributed by atoms with Gasteiger partial charge in [0.1, 0.15) is 11.5 Å². The van der Waals surface area contributed by atoms with Crippen LogP contribution >= 0.6 is 0 Å². The maximum absolute atomic E-state index is 12.4. The van der Waals surface area contributed by atoms with Crippen molar-refractivity contribution in [3.8, 4) is 0 Å². The van der Waals surface area contributed by atoms with Gasteiger partial charge in [0.05, 0.1) is 12.7 Å². The number of hydrogen-bond donors (Lipinski definition) is 1. The highest BCUT2D eigenvalue weighted by molar-refractivity contribution is 5.92. The molecule has 0 saturated carbocycles. The van der Waals surface area contributed by atoms with Gasteiger partial charge in [0.25, 0.3) is 5.91 Å². The van der Waals surface area contributed by atoms with Gasteiger partial charge in [0.15, 0.2) is 0 Å². The second-order valence-electron chi connectivity index (χ2n) is 4.59. The molecule has 1 N–H and O–H groups in total. The van der Waals surface area contributed by atoms with Gasteiger partial charge in [-0.25, -0.2) is 4.98 Å². The molecule has 1 unspecified atom stereocenters. The molecule has 104 valence electrons. The van der Waals surface area contributed by atoms with Crippen LogP contribution in [0.3, 0.4) is 0 Å². The van der Waals surface area contributed by atoms with Gasteiger partial charge in [0, 0.05) is 19.6 Å². The van der Waals surface area contributed by atoms with Gasteiger partial charge in [0.2, 0.25) is 0 Å². The zero-order valence-corrected chi connectivity index (χ0v) is 11.6. The number of nitrogens with zero attached hydrogens (tertiary/aromatic N) is 2. The molecule has 0 aromatic carbocycles. The summed E-state index contributed by atoms with van der Waals surface area (Å²) < 4.78 is 5.58. The van der Waals surface area contributed by atoms with Gasteiger partial charge in [-0.3, -0.25) is 4.79 Å². The third-order valence-electron chi connectivity index (χ3n) is 3.21. The highest BCUT2D eigenvalue weighted by Crippen LogP contribution is 2.13. The molecule has 1 aromatic heterocycles. The van der Waals surface area contributed by atoms with E-state index in [4.69, 9.17) is 4.74 Å². The van der Waals surface area contributed by atoms with E-state index in [0.717, 1.165) is 18.8 Å². The number of ether oxygens (including phenoxy) is 1. The summed E-state index contributed by atoms with van der Waals surface area (Å²) in [6.07, 6.45) is 1.07. The van der Waals surface area contributed by atoms with Gasteiger partial charge < -0.3 is 15.0 Å². The Morgan fingerprint density at radius 2 is 2.37 bits per heavy atom. The van der Waals surface area contributed by atoms with Gasteiger partial charge in [-0.15, -0.1) is 0 Å². The molecule has 0 radical (unpaired) electrons. The molecule has 19 heavy (non-hydrogen) atoms. The smallest absolute Gasteiger partial charge is 0.272 e. The summed E-state index contributed by atoms with van der Waals surface area (Å²) in [5.74, 6) is 0.732. The van der Waals surface area contributed by atoms with E-state index in [9.17, 15) is 4.79 Å². The quantitative estimate of drug-likeness (QED) is 0.899. The number of anilines is 1. The topological polar surface area (TPSA) is 54.5 Å². The first-order chi connectivity index (χ1) is 9.24. The maximum atomic E-state index is 12.4. The first-order valence-electron chi connectivity index (χ1n) is 6.86. The van der Waals surface area contributed by atoms with Crippen LogP contribution in [0.1, 0.15) is 30.8 Å². The van der Waals surface area contributed by atoms with Crippen LogP contribution in [0.15, 0.2) is 18.2 Å². The minimum Gasteiger partial charge on any atom is -0.375 e. The van der Waals surface area contributed by atoms with Crippen molar-refractivity contribution in [3.05, 3.63) is 23.9 Å². The van der Waals surface area contributed by atoms with Crippen molar-refractivity contribution < 1.29 is 9.53 Å². The fourth-order valence-corrected chi connectivity index (χ4v) is 2.15. The van der Waals surface area contributed by atoms with Crippen molar-refractivity contribution in [3.63, 3.8) is 0 Å². The molecule has 1 aliphatic rings. The minimum absolute atomic E-state index is 0.0125. The lowest BCUT2D eigenvalue weighted by molar-refractivity contribution is -0.0228. The number of carbonyl (C=O) groups excluding carboxylic acids is 1. The molecule has 5 nitrogen and oxygen atoms in total. The number of pyridine rings is 1. The van der Waals surface area contributed by atoms with Crippen molar-refractivity contribution in [2.24, 2.45) is 0 Å². The third kappa shape index (κ3) is 3.44. The van der Waals surface area contributed by atoms with Gasteiger partial charge in [-0.1, -0.05) is 13.0 Å². The van der Waals surface area contributed by atoms with Crippen LogP contribution in [0.5, 0.6) is 0 Å². The van der Waals surface area contributed by atoms with E-state index in [1.54, 1.807) is 6.07 Å². The number of hydrogen-bond acceptors (Lipinski definition) is 4. The molecule has 1 saturated heterocycles. The van der Waals surface area contributed by atoms with Crippen LogP contribution in [0, 0.1) is 0 Å². The molecule has 2 heterocycles. The lowest BCUT2D eigenvalue weighted by Crippen LogP contribution is -2.45. The molecule has 1 aliphatic heterocycles. The Morgan fingerprint density at radius 3 is 3.11 bits per heavy atom. The number of amides is 1. The Balaban J connectivity index is 2.08. The van der Waals surface area contributed by atoms with Crippen LogP contribution < -0.4 is 5.32 Å². The van der Waals surface area contributed by atoms with Gasteiger partial charge >= 0.3 is 0 Å². The number of rotatable bonds is 4. The Kier molecular flexibility index (Phi) is 4.74. The standard InChI is InChI=1S/C14H21N3O2/c1-3-11-10-17(8-9-19-11)14(18)12-6-5-7-13(16-12)15-4-2/h5-7,11H,3-4,8-10H2,1-2H3,(H,15,16). The van der Waals surface area contributed by atoms with E-state index >= 15 is 0 Å². The number of morpholine rings is 1. The first kappa shape index (κ1) is 13.8. The summed E-state index contributed by atoms with van der Waals surface area (Å²) >= 11 is 0. The summed E-state index contributed by atoms with van der Waals surface area (Å²) in [6, 6.07) is 5.49. The molecule has 0 aliphatic carbocycles. The summed E-state index contributed by atoms with van der Waals surface area (Å²) in [4.78, 5) is 18.6. The molecular formula is C14H21N3O2. The second-order valence-corrected chi connectivity index (χ2v) is 4.59. The predicted octanol–water partition coefficient (Wildman–Crippen LogP) is 1.76. The monoisotopic (exact) mass is 263 g/mol. The molecule has 2 rings (SSSR count). The normalized spacial score (nSPS) is 19.3. The maximum Gasteiger partial charge on any atom is 0.272 e. The largest absolute Gasteiger partial charge is 0.375 e. The highest BCUT2D eigenvalue weighted by atomic mass is 16.5. The van der Waals surface area contributed by atoms with Crippen molar-refractivity contribution >= 4 is 11.7 Å². The Labute approximate surface area is 114 Å². The molecule has 5 heteroatoms. The summed E-state index contributed by atoms with van der Waals surface area (Å²) in [5, 5.41) is 3.12. The minimum atomic E-state index is -0.0125. The second kappa shape index (κ2) is 6.52. The number of carbonyl (C=O) groups is 1. The van der Waals surface area contributed by atoms with Crippen LogP contribution in [0.25, 0.3) is 0 Å². The van der Waals surface area contributed by atoms with E-state index in [1.165, 1.54) is 0 Å². The van der Waals surface area contributed by atoms with Gasteiger partial charge in [-0.2, -0.15) is 0 Å². The first-order valence-corrected chi connectivity index (χ1v) is 6.86. The molecule has 0 bridgehead atoms. The summed E-state index contributed by atoms with van der Waals surface area (Å²) in [7, 11) is 0. The van der Waals surface area contributed by atoms with Crippen molar-refractivity contribution in [1.29, 1.82) is 0 Å². The summed E-state index contributed by atoms with van der Waals surface area (Å²) in [5.41, 5.74) is 0.496. The zero-order valence-electron chi connectivity index (χ0n) is 11.6. The number of nitrogens with one attached hydrogen (secondary N) is 1. The fraction of sp³-hybridized carbons (Fsp3) is 0.571. The zero-order chi connectivity index (χ0) is 13.7. The van der Waals surface area contributed by atoms with Crippen LogP contribution in [-0.4, -0.2) is 48.1 Å². The molecule has 1 fully saturated rings. The Morgan fingerprint density at radius 1 is 1.53 bits per heavy atom. The lowest BCUT2D eigenvalue weighted by Gasteiger charge is -2.32. The van der Waals surface area contributed by atoms with Crippen molar-refractivity contribution in [2.75, 3.05) is 31.6 Å². The Hall–Kier alpha value is -1.62. The van der Waals surface area contributed by atoms with E-state index in [-0.39, 0.29) is 12.0 Å². The lowest BCUT2D eigenvalue weighted by atomic mass is 10.2. The molecule has 0 spiro atoms. The Bertz CT molecular complexity index is 436. The van der Waals surface area contributed by atoms with E-state index in [0.29, 0.717) is 25.4 Å².